The van der Waals surface area contributed by atoms with Crippen molar-refractivity contribution in [1.29, 1.82) is 0 Å². The van der Waals surface area contributed by atoms with E-state index in [-0.39, 0.29) is 5.78 Å². The van der Waals surface area contributed by atoms with Gasteiger partial charge in [0.05, 0.1) is 12.3 Å². The summed E-state index contributed by atoms with van der Waals surface area (Å²) in [7, 11) is 0. The number of benzene rings is 1. The van der Waals surface area contributed by atoms with Crippen LogP contribution in [-0.4, -0.2) is 50.0 Å². The number of hydrogen-bond acceptors (Lipinski definition) is 5. The van der Waals surface area contributed by atoms with E-state index in [1.54, 1.807) is 18.2 Å². The molecule has 1 aliphatic heterocycles. The average molecular weight is 291 g/mol. The van der Waals surface area contributed by atoms with Gasteiger partial charge in [-0.25, -0.2) is 0 Å². The Morgan fingerprint density at radius 3 is 2.81 bits per heavy atom. The molecular weight excluding hydrogens is 266 g/mol. The fourth-order valence-corrected chi connectivity index (χ4v) is 2.40. The first kappa shape index (κ1) is 15.8. The van der Waals surface area contributed by atoms with Gasteiger partial charge in [-0.1, -0.05) is 6.92 Å². The Bertz CT molecular complexity index is 471. The molecule has 2 rings (SSSR count). The highest BCUT2D eigenvalue weighted by Crippen LogP contribution is 2.23. The Morgan fingerprint density at radius 1 is 1.38 bits per heavy atom. The summed E-state index contributed by atoms with van der Waals surface area (Å²) in [5.74, 6) is 0.803. The second-order valence-electron chi connectivity index (χ2n) is 5.37. The summed E-state index contributed by atoms with van der Waals surface area (Å²) in [5.41, 5.74) is 7.15. The van der Waals surface area contributed by atoms with Crippen molar-refractivity contribution in [2.75, 3.05) is 45.1 Å². The van der Waals surface area contributed by atoms with Crippen molar-refractivity contribution in [3.63, 3.8) is 0 Å². The molecule has 1 aromatic rings. The van der Waals surface area contributed by atoms with Crippen LogP contribution in [0.4, 0.5) is 5.69 Å². The number of piperazine rings is 1. The number of carbonyl (C=O) groups is 1. The zero-order chi connectivity index (χ0) is 15.1. The number of nitrogens with zero attached hydrogens (tertiary/aromatic N) is 1. The van der Waals surface area contributed by atoms with Crippen molar-refractivity contribution >= 4 is 11.5 Å². The molecule has 3 N–H and O–H groups in total. The Labute approximate surface area is 126 Å². The standard InChI is InChI=1S/C16H25N3O2/c1-2-11-21-16-4-3-13(12-14(16)17)15(20)5-8-19-9-6-18-7-10-19/h3-4,12,18H,2,5-11,17H2,1H3. The molecule has 5 nitrogen and oxygen atoms in total. The smallest absolute Gasteiger partial charge is 0.164 e. The van der Waals surface area contributed by atoms with E-state index in [0.717, 1.165) is 39.1 Å². The van der Waals surface area contributed by atoms with Gasteiger partial charge in [-0.05, 0) is 24.6 Å². The maximum absolute atomic E-state index is 12.2. The van der Waals surface area contributed by atoms with E-state index in [4.69, 9.17) is 10.5 Å². The summed E-state index contributed by atoms with van der Waals surface area (Å²) in [5, 5.41) is 3.31. The Balaban J connectivity index is 1.88. The second-order valence-corrected chi connectivity index (χ2v) is 5.37. The van der Waals surface area contributed by atoms with Crippen LogP contribution in [0.2, 0.25) is 0 Å². The van der Waals surface area contributed by atoms with Gasteiger partial charge in [0.1, 0.15) is 5.75 Å². The molecule has 0 aliphatic carbocycles. The summed E-state index contributed by atoms with van der Waals surface area (Å²) in [6.45, 7) is 7.53. The lowest BCUT2D eigenvalue weighted by Crippen LogP contribution is -2.44. The fourth-order valence-electron chi connectivity index (χ4n) is 2.40. The maximum Gasteiger partial charge on any atom is 0.164 e. The molecule has 5 heteroatoms. The third-order valence-electron chi connectivity index (χ3n) is 3.66. The van der Waals surface area contributed by atoms with Crippen LogP contribution < -0.4 is 15.8 Å². The van der Waals surface area contributed by atoms with Crippen molar-refractivity contribution in [3.05, 3.63) is 23.8 Å². The highest BCUT2D eigenvalue weighted by atomic mass is 16.5. The number of rotatable bonds is 7. The van der Waals surface area contributed by atoms with E-state index >= 15 is 0 Å². The molecule has 0 saturated carbocycles. The predicted molar refractivity (Wildman–Crippen MR) is 84.9 cm³/mol. The molecule has 1 heterocycles. The van der Waals surface area contributed by atoms with E-state index in [1.807, 2.05) is 6.92 Å². The molecule has 0 unspecified atom stereocenters. The van der Waals surface area contributed by atoms with Crippen molar-refractivity contribution in [2.45, 2.75) is 19.8 Å². The third-order valence-corrected chi connectivity index (χ3v) is 3.66. The van der Waals surface area contributed by atoms with E-state index in [1.165, 1.54) is 0 Å². The van der Waals surface area contributed by atoms with Gasteiger partial charge in [-0.2, -0.15) is 0 Å². The van der Waals surface area contributed by atoms with E-state index < -0.39 is 0 Å². The summed E-state index contributed by atoms with van der Waals surface area (Å²) >= 11 is 0. The minimum Gasteiger partial charge on any atom is -0.491 e. The average Bonchev–Trinajstić information content (AvgIpc) is 2.52. The number of hydrogen-bond donors (Lipinski definition) is 2. The van der Waals surface area contributed by atoms with Crippen LogP contribution >= 0.6 is 0 Å². The van der Waals surface area contributed by atoms with Crippen LogP contribution in [0.3, 0.4) is 0 Å². The normalized spacial score (nSPS) is 15.9. The topological polar surface area (TPSA) is 67.6 Å². The Morgan fingerprint density at radius 2 is 2.14 bits per heavy atom. The van der Waals surface area contributed by atoms with Gasteiger partial charge in [0.25, 0.3) is 0 Å². The molecular formula is C16H25N3O2. The lowest BCUT2D eigenvalue weighted by Gasteiger charge is -2.26. The zero-order valence-corrected chi connectivity index (χ0v) is 12.7. The van der Waals surface area contributed by atoms with Crippen molar-refractivity contribution in [1.82, 2.24) is 10.2 Å². The molecule has 1 aromatic carbocycles. The first-order valence-corrected chi connectivity index (χ1v) is 7.69. The first-order chi connectivity index (χ1) is 10.2. The molecule has 21 heavy (non-hydrogen) atoms. The lowest BCUT2D eigenvalue weighted by molar-refractivity contribution is 0.0960. The van der Waals surface area contributed by atoms with Gasteiger partial charge < -0.3 is 20.7 Å². The summed E-state index contributed by atoms with van der Waals surface area (Å²) in [6, 6.07) is 5.33. The second kappa shape index (κ2) is 8.00. The van der Waals surface area contributed by atoms with Gasteiger partial charge in [0.15, 0.2) is 5.78 Å². The molecule has 0 spiro atoms. The first-order valence-electron chi connectivity index (χ1n) is 7.69. The molecule has 0 bridgehead atoms. The number of ether oxygens (including phenoxy) is 1. The highest BCUT2D eigenvalue weighted by Gasteiger charge is 2.13. The van der Waals surface area contributed by atoms with E-state index in [2.05, 4.69) is 10.2 Å². The SMILES string of the molecule is CCCOc1ccc(C(=O)CCN2CCNCC2)cc1N. The monoisotopic (exact) mass is 291 g/mol. The molecule has 1 saturated heterocycles. The van der Waals surface area contributed by atoms with E-state index in [0.29, 0.717) is 30.0 Å². The molecule has 1 fully saturated rings. The van der Waals surface area contributed by atoms with Crippen LogP contribution in [0, 0.1) is 0 Å². The Kier molecular flexibility index (Phi) is 6.02. The largest absolute Gasteiger partial charge is 0.491 e. The number of anilines is 1. The van der Waals surface area contributed by atoms with Crippen LogP contribution in [-0.2, 0) is 0 Å². The number of nitrogens with two attached hydrogens (primary N) is 1. The van der Waals surface area contributed by atoms with Crippen LogP contribution in [0.1, 0.15) is 30.1 Å². The fraction of sp³-hybridized carbons (Fsp3) is 0.562. The van der Waals surface area contributed by atoms with E-state index in [9.17, 15) is 4.79 Å². The summed E-state index contributed by atoms with van der Waals surface area (Å²) in [4.78, 5) is 14.5. The van der Waals surface area contributed by atoms with Gasteiger partial charge >= 0.3 is 0 Å². The third kappa shape index (κ3) is 4.72. The molecule has 0 atom stereocenters. The number of nitrogen functional groups attached to an aromatic ring is 1. The van der Waals surface area contributed by atoms with Crippen LogP contribution in [0.25, 0.3) is 0 Å². The van der Waals surface area contributed by atoms with Crippen molar-refractivity contribution in [3.8, 4) is 5.75 Å². The van der Waals surface area contributed by atoms with Gasteiger partial charge in [-0.3, -0.25) is 4.79 Å². The number of ketones is 1. The molecule has 0 aromatic heterocycles. The maximum atomic E-state index is 12.2. The minimum absolute atomic E-state index is 0.141. The quantitative estimate of drug-likeness (QED) is 0.589. The van der Waals surface area contributed by atoms with Crippen molar-refractivity contribution < 1.29 is 9.53 Å². The predicted octanol–water partition coefficient (Wildman–Crippen LogP) is 1.54. The van der Waals surface area contributed by atoms with Crippen molar-refractivity contribution in [2.24, 2.45) is 0 Å². The minimum atomic E-state index is 0.141. The molecule has 0 amide bonds. The number of nitrogens with one attached hydrogen (secondary N) is 1. The zero-order valence-electron chi connectivity index (χ0n) is 12.7. The Hall–Kier alpha value is -1.59. The molecule has 1 aliphatic rings. The van der Waals surface area contributed by atoms with Gasteiger partial charge in [0, 0.05) is 44.7 Å². The molecule has 116 valence electrons. The summed E-state index contributed by atoms with van der Waals surface area (Å²) < 4.78 is 5.52. The van der Waals surface area contributed by atoms with Crippen LogP contribution in [0.5, 0.6) is 5.75 Å². The number of Topliss-reactive ketones (excluding diaryl/α,β-unsaturated/α-hetero) is 1. The van der Waals surface area contributed by atoms with Crippen LogP contribution in [0.15, 0.2) is 18.2 Å². The van der Waals surface area contributed by atoms with Gasteiger partial charge in [-0.15, -0.1) is 0 Å². The number of carbonyl (C=O) groups excluding carboxylic acids is 1. The lowest BCUT2D eigenvalue weighted by atomic mass is 10.1. The molecule has 0 radical (unpaired) electrons. The summed E-state index contributed by atoms with van der Waals surface area (Å²) in [6.07, 6.45) is 1.47. The van der Waals surface area contributed by atoms with Gasteiger partial charge in [0.2, 0.25) is 0 Å². The highest BCUT2D eigenvalue weighted by molar-refractivity contribution is 5.97.